The number of rotatable bonds is 2. The third-order valence-corrected chi connectivity index (χ3v) is 2.61. The van der Waals surface area contributed by atoms with Gasteiger partial charge in [0.25, 0.3) is 0 Å². The van der Waals surface area contributed by atoms with E-state index in [1.807, 2.05) is 0 Å². The van der Waals surface area contributed by atoms with E-state index in [9.17, 15) is 23.5 Å². The minimum atomic E-state index is -1.47. The van der Waals surface area contributed by atoms with Crippen molar-refractivity contribution < 1.29 is 23.4 Å². The number of carbonyl (C=O) groups is 1. The number of ether oxygens (including phenoxy) is 1. The molecule has 0 aliphatic heterocycles. The fraction of sp³-hybridized carbons (Fsp3) is 0.231. The molecule has 0 bridgehead atoms. The Morgan fingerprint density at radius 2 is 2.05 bits per heavy atom. The number of aromatic amines is 1. The molecule has 106 valence electrons. The van der Waals surface area contributed by atoms with Gasteiger partial charge in [-0.2, -0.15) is 4.39 Å². The van der Waals surface area contributed by atoms with E-state index < -0.39 is 34.9 Å². The van der Waals surface area contributed by atoms with Crippen LogP contribution in [-0.4, -0.2) is 22.2 Å². The zero-order valence-electron chi connectivity index (χ0n) is 10.7. The van der Waals surface area contributed by atoms with Crippen LogP contribution in [0.25, 0.3) is 10.9 Å². The van der Waals surface area contributed by atoms with Gasteiger partial charge in [-0.25, -0.2) is 9.18 Å². The molecule has 0 aliphatic carbocycles. The Morgan fingerprint density at radius 1 is 1.40 bits per heavy atom. The Labute approximate surface area is 111 Å². The maximum absolute atomic E-state index is 13.2. The number of aromatic nitrogens is 1. The summed E-state index contributed by atoms with van der Waals surface area (Å²) in [7, 11) is 0. The number of H-pyrrole nitrogens is 1. The quantitative estimate of drug-likeness (QED) is 0.827. The number of nitrogens with one attached hydrogen (secondary N) is 1. The molecule has 20 heavy (non-hydrogen) atoms. The standard InChI is InChI=1S/C13H11F2NO4/c1-5(2)20-13(19)7-4-16-10-6(11(7)17)3-8(14)9(15)12(10)18/h3-5,18H,1-2H3,(H,16,17). The summed E-state index contributed by atoms with van der Waals surface area (Å²) in [6, 6.07) is 0.620. The number of carbonyl (C=O) groups excluding carboxylic acids is 1. The Bertz CT molecular complexity index is 752. The third kappa shape index (κ3) is 2.22. The van der Waals surface area contributed by atoms with Crippen molar-refractivity contribution in [2.75, 3.05) is 0 Å². The molecule has 0 saturated carbocycles. The van der Waals surface area contributed by atoms with Crippen LogP contribution in [-0.2, 0) is 4.74 Å². The molecule has 0 saturated heterocycles. The van der Waals surface area contributed by atoms with Crippen molar-refractivity contribution >= 4 is 16.9 Å². The molecule has 0 unspecified atom stereocenters. The summed E-state index contributed by atoms with van der Waals surface area (Å²) in [6.07, 6.45) is 0.558. The van der Waals surface area contributed by atoms with E-state index in [1.165, 1.54) is 0 Å². The number of benzene rings is 1. The SMILES string of the molecule is CC(C)OC(=O)c1c[nH]c2c(O)c(F)c(F)cc2c1=O. The number of aromatic hydroxyl groups is 1. The lowest BCUT2D eigenvalue weighted by molar-refractivity contribution is 0.0376. The van der Waals surface area contributed by atoms with Gasteiger partial charge >= 0.3 is 5.97 Å². The van der Waals surface area contributed by atoms with Crippen LogP contribution in [0.1, 0.15) is 24.2 Å². The number of phenolic OH excluding ortho intramolecular Hbond substituents is 1. The van der Waals surface area contributed by atoms with Gasteiger partial charge in [0, 0.05) is 6.20 Å². The topological polar surface area (TPSA) is 79.4 Å². The Balaban J connectivity index is 2.69. The summed E-state index contributed by atoms with van der Waals surface area (Å²) in [5.74, 6) is -4.74. The molecule has 0 radical (unpaired) electrons. The molecule has 0 aliphatic rings. The van der Waals surface area contributed by atoms with E-state index in [-0.39, 0.29) is 16.5 Å². The summed E-state index contributed by atoms with van der Waals surface area (Å²) < 4.78 is 31.3. The van der Waals surface area contributed by atoms with Crippen LogP contribution in [0.4, 0.5) is 8.78 Å². The van der Waals surface area contributed by atoms with Gasteiger partial charge < -0.3 is 14.8 Å². The van der Waals surface area contributed by atoms with E-state index in [4.69, 9.17) is 4.74 Å². The summed E-state index contributed by atoms with van der Waals surface area (Å²) in [5.41, 5.74) is -1.48. The van der Waals surface area contributed by atoms with Crippen LogP contribution in [0.3, 0.4) is 0 Å². The van der Waals surface area contributed by atoms with Crippen LogP contribution in [0.15, 0.2) is 17.1 Å². The highest BCUT2D eigenvalue weighted by atomic mass is 19.2. The van der Waals surface area contributed by atoms with Gasteiger partial charge in [0.05, 0.1) is 17.0 Å². The van der Waals surface area contributed by atoms with Gasteiger partial charge in [0.15, 0.2) is 11.6 Å². The number of phenols is 1. The zero-order chi connectivity index (χ0) is 15.0. The first-order valence-corrected chi connectivity index (χ1v) is 5.76. The predicted octanol–water partition coefficient (Wildman–Crippen LogP) is 2.08. The fourth-order valence-electron chi connectivity index (χ4n) is 1.72. The molecule has 1 heterocycles. The van der Waals surface area contributed by atoms with E-state index in [1.54, 1.807) is 13.8 Å². The van der Waals surface area contributed by atoms with Gasteiger partial charge in [-0.1, -0.05) is 0 Å². The van der Waals surface area contributed by atoms with Crippen molar-refractivity contribution in [2.24, 2.45) is 0 Å². The summed E-state index contributed by atoms with van der Waals surface area (Å²) in [4.78, 5) is 26.1. The van der Waals surface area contributed by atoms with Crippen LogP contribution in [0.2, 0.25) is 0 Å². The Kier molecular flexibility index (Phi) is 3.44. The van der Waals surface area contributed by atoms with Gasteiger partial charge in [-0.05, 0) is 19.9 Å². The molecular formula is C13H11F2NO4. The molecule has 0 fully saturated rings. The molecule has 1 aromatic heterocycles. The zero-order valence-corrected chi connectivity index (χ0v) is 10.7. The number of hydrogen-bond donors (Lipinski definition) is 2. The van der Waals surface area contributed by atoms with E-state index in [0.29, 0.717) is 6.07 Å². The molecule has 5 nitrogen and oxygen atoms in total. The minimum absolute atomic E-state index is 0.282. The largest absolute Gasteiger partial charge is 0.503 e. The molecule has 0 amide bonds. The predicted molar refractivity (Wildman–Crippen MR) is 66.7 cm³/mol. The van der Waals surface area contributed by atoms with Crippen molar-refractivity contribution in [2.45, 2.75) is 20.0 Å². The van der Waals surface area contributed by atoms with E-state index in [2.05, 4.69) is 4.98 Å². The normalized spacial score (nSPS) is 11.1. The third-order valence-electron chi connectivity index (χ3n) is 2.61. The first-order chi connectivity index (χ1) is 9.32. The molecule has 0 spiro atoms. The van der Waals surface area contributed by atoms with Gasteiger partial charge in [0.1, 0.15) is 5.56 Å². The lowest BCUT2D eigenvalue weighted by Gasteiger charge is -2.08. The molecule has 2 rings (SSSR count). The molecular weight excluding hydrogens is 272 g/mol. The van der Waals surface area contributed by atoms with Crippen LogP contribution >= 0.6 is 0 Å². The number of pyridine rings is 1. The smallest absolute Gasteiger partial charge is 0.343 e. The Morgan fingerprint density at radius 3 is 2.65 bits per heavy atom. The van der Waals surface area contributed by atoms with Crippen LogP contribution in [0.5, 0.6) is 5.75 Å². The molecule has 1 aromatic carbocycles. The second kappa shape index (κ2) is 4.92. The van der Waals surface area contributed by atoms with E-state index >= 15 is 0 Å². The van der Waals surface area contributed by atoms with Crippen LogP contribution < -0.4 is 5.43 Å². The number of fused-ring (bicyclic) bond motifs is 1. The monoisotopic (exact) mass is 283 g/mol. The summed E-state index contributed by atoms with van der Waals surface area (Å²) in [6.45, 7) is 3.21. The number of hydrogen-bond acceptors (Lipinski definition) is 4. The average molecular weight is 283 g/mol. The maximum atomic E-state index is 13.2. The highest BCUT2D eigenvalue weighted by Gasteiger charge is 2.20. The maximum Gasteiger partial charge on any atom is 0.343 e. The highest BCUT2D eigenvalue weighted by molar-refractivity contribution is 5.94. The fourth-order valence-corrected chi connectivity index (χ4v) is 1.72. The van der Waals surface area contributed by atoms with Crippen molar-refractivity contribution in [3.63, 3.8) is 0 Å². The van der Waals surface area contributed by atoms with Crippen molar-refractivity contribution in [1.82, 2.24) is 4.98 Å². The second-order valence-corrected chi connectivity index (χ2v) is 4.43. The van der Waals surface area contributed by atoms with Crippen LogP contribution in [0, 0.1) is 11.6 Å². The molecule has 7 heteroatoms. The molecule has 2 N–H and O–H groups in total. The first-order valence-electron chi connectivity index (χ1n) is 5.76. The van der Waals surface area contributed by atoms with Crippen molar-refractivity contribution in [1.29, 1.82) is 0 Å². The first kappa shape index (κ1) is 14.0. The van der Waals surface area contributed by atoms with Crippen molar-refractivity contribution in [3.05, 3.63) is 39.7 Å². The summed E-state index contributed by atoms with van der Waals surface area (Å²) in [5, 5.41) is 9.10. The minimum Gasteiger partial charge on any atom is -0.503 e. The average Bonchev–Trinajstić information content (AvgIpc) is 2.36. The number of esters is 1. The highest BCUT2D eigenvalue weighted by Crippen LogP contribution is 2.26. The van der Waals surface area contributed by atoms with Gasteiger partial charge in [-0.3, -0.25) is 4.79 Å². The second-order valence-electron chi connectivity index (χ2n) is 4.43. The molecule has 0 atom stereocenters. The van der Waals surface area contributed by atoms with Gasteiger partial charge in [0.2, 0.25) is 11.2 Å². The van der Waals surface area contributed by atoms with E-state index in [0.717, 1.165) is 6.20 Å². The Hall–Kier alpha value is -2.44. The number of halogens is 2. The lowest BCUT2D eigenvalue weighted by atomic mass is 10.1. The summed E-state index contributed by atoms with van der Waals surface area (Å²) >= 11 is 0. The lowest BCUT2D eigenvalue weighted by Crippen LogP contribution is -2.21. The van der Waals surface area contributed by atoms with Gasteiger partial charge in [-0.15, -0.1) is 0 Å². The molecule has 2 aromatic rings. The van der Waals surface area contributed by atoms with Crippen molar-refractivity contribution in [3.8, 4) is 5.75 Å².